The van der Waals surface area contributed by atoms with Gasteiger partial charge in [-0.2, -0.15) is 0 Å². The van der Waals surface area contributed by atoms with Gasteiger partial charge in [0, 0.05) is 17.0 Å². The number of nitrogens with zero attached hydrogens (tertiary/aromatic N) is 2. The fourth-order valence-corrected chi connectivity index (χ4v) is 3.34. The smallest absolute Gasteiger partial charge is 0.258 e. The molecule has 0 aliphatic carbocycles. The van der Waals surface area contributed by atoms with Gasteiger partial charge in [0.2, 0.25) is 5.13 Å². The lowest BCUT2D eigenvalue weighted by Gasteiger charge is -2.09. The summed E-state index contributed by atoms with van der Waals surface area (Å²) in [6.07, 6.45) is 0. The molecule has 2 aromatic carbocycles. The molecular formula is C21H21N3O2S. The Morgan fingerprint density at radius 2 is 1.67 bits per heavy atom. The van der Waals surface area contributed by atoms with Crippen LogP contribution in [0, 0.1) is 13.8 Å². The van der Waals surface area contributed by atoms with Crippen molar-refractivity contribution in [2.45, 2.75) is 33.6 Å². The van der Waals surface area contributed by atoms with Gasteiger partial charge >= 0.3 is 0 Å². The Kier molecular flexibility index (Phi) is 5.46. The number of benzene rings is 2. The van der Waals surface area contributed by atoms with Crippen LogP contribution in [0.25, 0.3) is 0 Å². The topological polar surface area (TPSA) is 72.0 Å². The zero-order valence-electron chi connectivity index (χ0n) is 15.7. The Balaban J connectivity index is 1.89. The average Bonchev–Trinajstić information content (AvgIpc) is 3.12. The Hall–Kier alpha value is -2.86. The van der Waals surface area contributed by atoms with Crippen molar-refractivity contribution in [3.63, 3.8) is 0 Å². The highest BCUT2D eigenvalue weighted by Gasteiger charge is 2.20. The highest BCUT2D eigenvalue weighted by molar-refractivity contribution is 7.15. The normalized spacial score (nSPS) is 10.9. The molecule has 0 aliphatic rings. The standard InChI is InChI=1S/C21H21N3O2S/c1-12(2)20-23-24-21(27-20)22-19(26)17-8-6-5-7-16(17)18(25)15-10-9-13(3)14(4)11-15/h5-12H,1-4H3,(H,22,24,26). The second-order valence-electron chi connectivity index (χ2n) is 6.73. The first kappa shape index (κ1) is 18.9. The van der Waals surface area contributed by atoms with Crippen molar-refractivity contribution in [3.8, 4) is 0 Å². The molecule has 3 rings (SSSR count). The third-order valence-corrected chi connectivity index (χ3v) is 5.48. The van der Waals surface area contributed by atoms with Crippen LogP contribution < -0.4 is 5.32 Å². The number of rotatable bonds is 5. The molecule has 0 spiro atoms. The third-order valence-electron chi connectivity index (χ3n) is 4.34. The second kappa shape index (κ2) is 7.80. The quantitative estimate of drug-likeness (QED) is 0.649. The van der Waals surface area contributed by atoms with Gasteiger partial charge in [-0.25, -0.2) is 0 Å². The van der Waals surface area contributed by atoms with Crippen LogP contribution in [-0.2, 0) is 0 Å². The summed E-state index contributed by atoms with van der Waals surface area (Å²) in [5.74, 6) is -0.301. The molecule has 1 heterocycles. The predicted molar refractivity (Wildman–Crippen MR) is 108 cm³/mol. The maximum atomic E-state index is 13.0. The molecule has 1 N–H and O–H groups in total. The number of nitrogens with one attached hydrogen (secondary N) is 1. The van der Waals surface area contributed by atoms with E-state index in [1.165, 1.54) is 11.3 Å². The van der Waals surface area contributed by atoms with Crippen LogP contribution >= 0.6 is 11.3 Å². The predicted octanol–water partition coefficient (Wildman–Crippen LogP) is 4.76. The first-order valence-corrected chi connectivity index (χ1v) is 9.54. The van der Waals surface area contributed by atoms with Crippen LogP contribution in [0.15, 0.2) is 42.5 Å². The van der Waals surface area contributed by atoms with Gasteiger partial charge in [0.1, 0.15) is 5.01 Å². The summed E-state index contributed by atoms with van der Waals surface area (Å²) >= 11 is 1.34. The van der Waals surface area contributed by atoms with Gasteiger partial charge in [-0.3, -0.25) is 14.9 Å². The van der Waals surface area contributed by atoms with E-state index in [0.717, 1.165) is 16.1 Å². The minimum absolute atomic E-state index is 0.177. The Morgan fingerprint density at radius 1 is 0.963 bits per heavy atom. The van der Waals surface area contributed by atoms with E-state index >= 15 is 0 Å². The molecule has 5 nitrogen and oxygen atoms in total. The second-order valence-corrected chi connectivity index (χ2v) is 7.74. The Labute approximate surface area is 162 Å². The maximum Gasteiger partial charge on any atom is 0.258 e. The van der Waals surface area contributed by atoms with Gasteiger partial charge in [-0.05, 0) is 37.1 Å². The van der Waals surface area contributed by atoms with E-state index in [-0.39, 0.29) is 17.6 Å². The van der Waals surface area contributed by atoms with Crippen LogP contribution in [0.1, 0.15) is 62.2 Å². The highest BCUT2D eigenvalue weighted by Crippen LogP contribution is 2.24. The number of hydrogen-bond acceptors (Lipinski definition) is 5. The zero-order chi connectivity index (χ0) is 19.6. The van der Waals surface area contributed by atoms with Crippen molar-refractivity contribution < 1.29 is 9.59 Å². The van der Waals surface area contributed by atoms with Gasteiger partial charge < -0.3 is 0 Å². The molecule has 0 bridgehead atoms. The van der Waals surface area contributed by atoms with Crippen LogP contribution in [0.3, 0.4) is 0 Å². The number of amides is 1. The number of aryl methyl sites for hydroxylation is 2. The zero-order valence-corrected chi connectivity index (χ0v) is 16.6. The monoisotopic (exact) mass is 379 g/mol. The van der Waals surface area contributed by atoms with Gasteiger partial charge in [0.05, 0.1) is 5.56 Å². The van der Waals surface area contributed by atoms with E-state index in [1.807, 2.05) is 39.8 Å². The van der Waals surface area contributed by atoms with E-state index in [2.05, 4.69) is 15.5 Å². The van der Waals surface area contributed by atoms with E-state index in [4.69, 9.17) is 0 Å². The van der Waals surface area contributed by atoms with E-state index in [1.54, 1.807) is 30.3 Å². The Bertz CT molecular complexity index is 1010. The molecule has 27 heavy (non-hydrogen) atoms. The maximum absolute atomic E-state index is 13.0. The molecular weight excluding hydrogens is 358 g/mol. The van der Waals surface area contributed by atoms with Crippen molar-refractivity contribution in [3.05, 3.63) is 75.3 Å². The van der Waals surface area contributed by atoms with Gasteiger partial charge in [0.25, 0.3) is 5.91 Å². The molecule has 1 aromatic heterocycles. The summed E-state index contributed by atoms with van der Waals surface area (Å²) in [5.41, 5.74) is 3.41. The molecule has 0 radical (unpaired) electrons. The summed E-state index contributed by atoms with van der Waals surface area (Å²) in [6, 6.07) is 12.4. The summed E-state index contributed by atoms with van der Waals surface area (Å²) in [7, 11) is 0. The largest absolute Gasteiger partial charge is 0.296 e. The average molecular weight is 379 g/mol. The van der Waals surface area contributed by atoms with Crippen molar-refractivity contribution >= 4 is 28.2 Å². The van der Waals surface area contributed by atoms with Crippen molar-refractivity contribution in [2.24, 2.45) is 0 Å². The first-order valence-electron chi connectivity index (χ1n) is 8.72. The number of ketones is 1. The summed E-state index contributed by atoms with van der Waals surface area (Å²) in [6.45, 7) is 8.00. The first-order chi connectivity index (χ1) is 12.9. The molecule has 0 atom stereocenters. The number of aromatic nitrogens is 2. The molecule has 138 valence electrons. The molecule has 0 saturated carbocycles. The number of hydrogen-bond donors (Lipinski definition) is 1. The third kappa shape index (κ3) is 4.11. The molecule has 0 aliphatic heterocycles. The fourth-order valence-electron chi connectivity index (χ4n) is 2.60. The summed E-state index contributed by atoms with van der Waals surface area (Å²) in [5, 5.41) is 12.1. The van der Waals surface area contributed by atoms with E-state index in [9.17, 15) is 9.59 Å². The van der Waals surface area contributed by atoms with Gasteiger partial charge in [-0.1, -0.05) is 55.5 Å². The van der Waals surface area contributed by atoms with Crippen LogP contribution in [0.4, 0.5) is 5.13 Å². The van der Waals surface area contributed by atoms with Crippen molar-refractivity contribution in [2.75, 3.05) is 5.32 Å². The molecule has 0 saturated heterocycles. The molecule has 6 heteroatoms. The minimum Gasteiger partial charge on any atom is -0.296 e. The molecule has 0 fully saturated rings. The van der Waals surface area contributed by atoms with Crippen LogP contribution in [0.2, 0.25) is 0 Å². The molecule has 3 aromatic rings. The number of carbonyl (C=O) groups is 2. The number of carbonyl (C=O) groups excluding carboxylic acids is 2. The Morgan fingerprint density at radius 3 is 2.30 bits per heavy atom. The minimum atomic E-state index is -0.366. The summed E-state index contributed by atoms with van der Waals surface area (Å²) < 4.78 is 0. The SMILES string of the molecule is Cc1ccc(C(=O)c2ccccc2C(=O)Nc2nnc(C(C)C)s2)cc1C. The lowest BCUT2D eigenvalue weighted by Crippen LogP contribution is -2.17. The lowest BCUT2D eigenvalue weighted by atomic mass is 9.96. The fraction of sp³-hybridized carbons (Fsp3) is 0.238. The molecule has 0 unspecified atom stereocenters. The van der Waals surface area contributed by atoms with Crippen LogP contribution in [0.5, 0.6) is 0 Å². The summed E-state index contributed by atoms with van der Waals surface area (Å²) in [4.78, 5) is 25.7. The molecule has 1 amide bonds. The highest BCUT2D eigenvalue weighted by atomic mass is 32.1. The lowest BCUT2D eigenvalue weighted by molar-refractivity contribution is 0.0996. The van der Waals surface area contributed by atoms with Gasteiger partial charge in [0.15, 0.2) is 5.78 Å². The number of anilines is 1. The van der Waals surface area contributed by atoms with E-state index in [0.29, 0.717) is 21.8 Å². The van der Waals surface area contributed by atoms with E-state index < -0.39 is 0 Å². The van der Waals surface area contributed by atoms with Crippen molar-refractivity contribution in [1.82, 2.24) is 10.2 Å². The van der Waals surface area contributed by atoms with Crippen LogP contribution in [-0.4, -0.2) is 21.9 Å². The van der Waals surface area contributed by atoms with Crippen molar-refractivity contribution in [1.29, 1.82) is 0 Å². The van der Waals surface area contributed by atoms with Gasteiger partial charge in [-0.15, -0.1) is 10.2 Å².